The number of methoxy groups -OCH3 is 2. The van der Waals surface area contributed by atoms with Crippen molar-refractivity contribution < 1.29 is 19.4 Å². The molecule has 1 aromatic rings. The first-order valence-corrected chi connectivity index (χ1v) is 5.21. The van der Waals surface area contributed by atoms with E-state index in [-0.39, 0.29) is 6.42 Å². The van der Waals surface area contributed by atoms with Gasteiger partial charge in [-0.3, -0.25) is 4.79 Å². The number of rotatable bonds is 6. The Labute approximate surface area is 100 Å². The Hall–Kier alpha value is -1.59. The molecule has 0 fully saturated rings. The average Bonchev–Trinajstić information content (AvgIpc) is 2.28. The Bertz CT molecular complexity index is 392. The Morgan fingerprint density at radius 3 is 2.65 bits per heavy atom. The summed E-state index contributed by atoms with van der Waals surface area (Å²) in [4.78, 5) is 10.6. The van der Waals surface area contributed by atoms with Gasteiger partial charge in [-0.15, -0.1) is 0 Å². The summed E-state index contributed by atoms with van der Waals surface area (Å²) in [7, 11) is 3.15. The van der Waals surface area contributed by atoms with Crippen molar-refractivity contribution in [1.29, 1.82) is 0 Å². The summed E-state index contributed by atoms with van der Waals surface area (Å²) in [5.74, 6) is -0.274. The minimum absolute atomic E-state index is 0.112. The van der Waals surface area contributed by atoms with E-state index in [9.17, 15) is 4.79 Å². The number of aliphatic carboxylic acids is 1. The molecule has 0 saturated heterocycles. The number of carboxylic acids is 1. The molecule has 1 atom stereocenters. The maximum atomic E-state index is 10.6. The van der Waals surface area contributed by atoms with Gasteiger partial charge in [-0.2, -0.15) is 0 Å². The standard InChI is InChI=1S/C12H17NO4/c1-16-7-8-3-9(5-10(4-8)17-2)11(13)6-12(14)15/h3-5,11H,6-7,13H2,1-2H3,(H,14,15). The van der Waals surface area contributed by atoms with Crippen LogP contribution in [-0.2, 0) is 16.1 Å². The smallest absolute Gasteiger partial charge is 0.305 e. The van der Waals surface area contributed by atoms with Crippen molar-refractivity contribution in [2.24, 2.45) is 5.73 Å². The van der Waals surface area contributed by atoms with Crippen molar-refractivity contribution >= 4 is 5.97 Å². The van der Waals surface area contributed by atoms with Crippen molar-refractivity contribution in [3.63, 3.8) is 0 Å². The third kappa shape index (κ3) is 4.05. The van der Waals surface area contributed by atoms with E-state index < -0.39 is 12.0 Å². The van der Waals surface area contributed by atoms with Crippen molar-refractivity contribution in [2.45, 2.75) is 19.1 Å². The molecule has 1 unspecified atom stereocenters. The largest absolute Gasteiger partial charge is 0.497 e. The number of hydrogen-bond donors (Lipinski definition) is 2. The molecule has 0 radical (unpaired) electrons. The van der Waals surface area contributed by atoms with Gasteiger partial charge in [0.2, 0.25) is 0 Å². The summed E-state index contributed by atoms with van der Waals surface area (Å²) in [6, 6.07) is 4.87. The predicted molar refractivity (Wildman–Crippen MR) is 62.9 cm³/mol. The van der Waals surface area contributed by atoms with Gasteiger partial charge in [-0.05, 0) is 23.3 Å². The minimum Gasteiger partial charge on any atom is -0.497 e. The van der Waals surface area contributed by atoms with Crippen molar-refractivity contribution in [1.82, 2.24) is 0 Å². The lowest BCUT2D eigenvalue weighted by molar-refractivity contribution is -0.137. The van der Waals surface area contributed by atoms with Crippen LogP contribution in [0, 0.1) is 0 Å². The molecule has 0 saturated carbocycles. The molecule has 5 nitrogen and oxygen atoms in total. The molecule has 0 spiro atoms. The Balaban J connectivity index is 2.96. The van der Waals surface area contributed by atoms with Gasteiger partial charge in [0.25, 0.3) is 0 Å². The third-order valence-electron chi connectivity index (χ3n) is 2.36. The summed E-state index contributed by atoms with van der Waals surface area (Å²) in [6.07, 6.45) is -0.112. The van der Waals surface area contributed by atoms with Gasteiger partial charge < -0.3 is 20.3 Å². The van der Waals surface area contributed by atoms with E-state index in [1.54, 1.807) is 20.3 Å². The SMILES string of the molecule is COCc1cc(OC)cc(C(N)CC(=O)O)c1. The van der Waals surface area contributed by atoms with E-state index in [1.165, 1.54) is 0 Å². The fourth-order valence-corrected chi connectivity index (χ4v) is 1.57. The zero-order chi connectivity index (χ0) is 12.8. The quantitative estimate of drug-likeness (QED) is 0.782. The van der Waals surface area contributed by atoms with Gasteiger partial charge in [0, 0.05) is 13.2 Å². The van der Waals surface area contributed by atoms with Crippen LogP contribution in [0.2, 0.25) is 0 Å². The number of ether oxygens (including phenoxy) is 2. The van der Waals surface area contributed by atoms with Gasteiger partial charge in [-0.1, -0.05) is 6.07 Å². The predicted octanol–water partition coefficient (Wildman–Crippen LogP) is 1.32. The first-order chi connectivity index (χ1) is 8.06. The normalized spacial score (nSPS) is 12.2. The lowest BCUT2D eigenvalue weighted by atomic mass is 10.0. The second kappa shape index (κ2) is 6.22. The highest BCUT2D eigenvalue weighted by Gasteiger charge is 2.12. The van der Waals surface area contributed by atoms with Gasteiger partial charge in [-0.25, -0.2) is 0 Å². The first-order valence-electron chi connectivity index (χ1n) is 5.21. The fraction of sp³-hybridized carbons (Fsp3) is 0.417. The maximum Gasteiger partial charge on any atom is 0.305 e. The summed E-state index contributed by atoms with van der Waals surface area (Å²) in [5.41, 5.74) is 7.45. The number of carbonyl (C=O) groups is 1. The topological polar surface area (TPSA) is 81.8 Å². The number of hydrogen-bond acceptors (Lipinski definition) is 4. The summed E-state index contributed by atoms with van der Waals surface area (Å²) in [5, 5.41) is 8.71. The molecule has 0 amide bonds. The molecular formula is C12H17NO4. The summed E-state index contributed by atoms with van der Waals surface area (Å²) >= 11 is 0. The second-order valence-corrected chi connectivity index (χ2v) is 3.75. The van der Waals surface area contributed by atoms with E-state index in [1.807, 2.05) is 12.1 Å². The molecule has 5 heteroatoms. The molecule has 17 heavy (non-hydrogen) atoms. The summed E-state index contributed by atoms with van der Waals surface area (Å²) in [6.45, 7) is 0.435. The molecule has 0 heterocycles. The lowest BCUT2D eigenvalue weighted by Gasteiger charge is -2.13. The minimum atomic E-state index is -0.923. The molecule has 0 aliphatic carbocycles. The number of carboxylic acid groups (broad SMARTS) is 1. The van der Waals surface area contributed by atoms with Crippen LogP contribution in [0.1, 0.15) is 23.6 Å². The van der Waals surface area contributed by atoms with Crippen LogP contribution in [0.4, 0.5) is 0 Å². The van der Waals surface area contributed by atoms with E-state index in [4.69, 9.17) is 20.3 Å². The molecule has 94 valence electrons. The number of nitrogens with two attached hydrogens (primary N) is 1. The molecule has 0 aliphatic rings. The Kier molecular flexibility index (Phi) is 4.93. The Morgan fingerprint density at radius 2 is 2.12 bits per heavy atom. The molecule has 0 bridgehead atoms. The molecule has 0 aromatic heterocycles. The highest BCUT2D eigenvalue weighted by atomic mass is 16.5. The summed E-state index contributed by atoms with van der Waals surface area (Å²) < 4.78 is 10.2. The highest BCUT2D eigenvalue weighted by molar-refractivity contribution is 5.68. The Morgan fingerprint density at radius 1 is 1.41 bits per heavy atom. The van der Waals surface area contributed by atoms with Crippen LogP contribution < -0.4 is 10.5 Å². The van der Waals surface area contributed by atoms with E-state index in [2.05, 4.69) is 0 Å². The van der Waals surface area contributed by atoms with Gasteiger partial charge in [0.15, 0.2) is 0 Å². The van der Waals surface area contributed by atoms with Crippen LogP contribution >= 0.6 is 0 Å². The monoisotopic (exact) mass is 239 g/mol. The number of benzene rings is 1. The van der Waals surface area contributed by atoms with Crippen LogP contribution in [0.25, 0.3) is 0 Å². The molecule has 0 aliphatic heterocycles. The van der Waals surface area contributed by atoms with Crippen molar-refractivity contribution in [3.05, 3.63) is 29.3 Å². The highest BCUT2D eigenvalue weighted by Crippen LogP contribution is 2.23. The fourth-order valence-electron chi connectivity index (χ4n) is 1.57. The lowest BCUT2D eigenvalue weighted by Crippen LogP contribution is -2.15. The van der Waals surface area contributed by atoms with Crippen LogP contribution in [0.5, 0.6) is 5.75 Å². The van der Waals surface area contributed by atoms with Gasteiger partial charge in [0.1, 0.15) is 5.75 Å². The van der Waals surface area contributed by atoms with Crippen molar-refractivity contribution in [3.8, 4) is 5.75 Å². The molecule has 1 aromatic carbocycles. The van der Waals surface area contributed by atoms with Gasteiger partial charge in [0.05, 0.1) is 20.1 Å². The zero-order valence-corrected chi connectivity index (χ0v) is 9.97. The van der Waals surface area contributed by atoms with Crippen LogP contribution in [0.15, 0.2) is 18.2 Å². The average molecular weight is 239 g/mol. The molecule has 3 N–H and O–H groups in total. The van der Waals surface area contributed by atoms with Crippen LogP contribution in [0.3, 0.4) is 0 Å². The van der Waals surface area contributed by atoms with Crippen LogP contribution in [-0.4, -0.2) is 25.3 Å². The second-order valence-electron chi connectivity index (χ2n) is 3.75. The van der Waals surface area contributed by atoms with E-state index >= 15 is 0 Å². The van der Waals surface area contributed by atoms with E-state index in [0.717, 1.165) is 11.1 Å². The van der Waals surface area contributed by atoms with Crippen molar-refractivity contribution in [2.75, 3.05) is 14.2 Å². The van der Waals surface area contributed by atoms with E-state index in [0.29, 0.717) is 12.4 Å². The third-order valence-corrected chi connectivity index (χ3v) is 2.36. The first kappa shape index (κ1) is 13.5. The molecule has 1 rings (SSSR count). The zero-order valence-electron chi connectivity index (χ0n) is 9.97. The molecular weight excluding hydrogens is 222 g/mol. The maximum absolute atomic E-state index is 10.6. The van der Waals surface area contributed by atoms with Gasteiger partial charge >= 0.3 is 5.97 Å².